The summed E-state index contributed by atoms with van der Waals surface area (Å²) in [5, 5.41) is 0. The van der Waals surface area contributed by atoms with Crippen molar-refractivity contribution in [1.82, 2.24) is 9.80 Å². The lowest BCUT2D eigenvalue weighted by molar-refractivity contribution is 0.0152. The van der Waals surface area contributed by atoms with Crippen molar-refractivity contribution in [3.05, 3.63) is 9.15 Å². The highest BCUT2D eigenvalue weighted by atomic mass is 127. The molecule has 0 bridgehead atoms. The minimum absolute atomic E-state index is 0.173. The SMILES string of the molecule is CC(C)(C)OC(=O)N1CCN(CC2=C(I)CCCC2)CC1. The molecular weight excluding hydrogens is 379 g/mol. The highest BCUT2D eigenvalue weighted by Crippen LogP contribution is 2.29. The number of hydrogen-bond acceptors (Lipinski definition) is 3. The molecule has 21 heavy (non-hydrogen) atoms. The van der Waals surface area contributed by atoms with Gasteiger partial charge in [0, 0.05) is 32.7 Å². The smallest absolute Gasteiger partial charge is 0.410 e. The van der Waals surface area contributed by atoms with Crippen LogP contribution in [0.3, 0.4) is 0 Å². The number of rotatable bonds is 2. The van der Waals surface area contributed by atoms with Gasteiger partial charge < -0.3 is 9.64 Å². The van der Waals surface area contributed by atoms with Gasteiger partial charge in [-0.05, 0) is 78.2 Å². The predicted molar refractivity (Wildman–Crippen MR) is 93.8 cm³/mol. The van der Waals surface area contributed by atoms with Gasteiger partial charge in [-0.15, -0.1) is 0 Å². The first-order valence-corrected chi connectivity index (χ1v) is 9.00. The Morgan fingerprint density at radius 3 is 2.33 bits per heavy atom. The maximum absolute atomic E-state index is 12.0. The normalized spacial score (nSPS) is 21.6. The van der Waals surface area contributed by atoms with Crippen molar-refractivity contribution in [2.45, 2.75) is 52.1 Å². The van der Waals surface area contributed by atoms with E-state index in [9.17, 15) is 4.79 Å². The lowest BCUT2D eigenvalue weighted by atomic mass is 9.99. The summed E-state index contributed by atoms with van der Waals surface area (Å²) in [6.07, 6.45) is 5.01. The van der Waals surface area contributed by atoms with Gasteiger partial charge in [0.25, 0.3) is 0 Å². The summed E-state index contributed by atoms with van der Waals surface area (Å²) >= 11 is 2.51. The standard InChI is InChI=1S/C16H27IN2O2/c1-16(2,3)21-15(20)19-10-8-18(9-11-19)12-13-6-4-5-7-14(13)17/h4-12H2,1-3H3. The minimum atomic E-state index is -0.406. The number of halogens is 1. The highest BCUT2D eigenvalue weighted by molar-refractivity contribution is 14.1. The molecule has 0 atom stereocenters. The van der Waals surface area contributed by atoms with Crippen LogP contribution in [0, 0.1) is 0 Å². The van der Waals surface area contributed by atoms with Gasteiger partial charge >= 0.3 is 6.09 Å². The fourth-order valence-electron chi connectivity index (χ4n) is 2.78. The highest BCUT2D eigenvalue weighted by Gasteiger charge is 2.26. The molecule has 0 radical (unpaired) electrons. The Kier molecular flexibility index (Phi) is 5.94. The van der Waals surface area contributed by atoms with Crippen LogP contribution in [0.5, 0.6) is 0 Å². The molecule has 0 aromatic carbocycles. The summed E-state index contributed by atoms with van der Waals surface area (Å²) in [6, 6.07) is 0. The van der Waals surface area contributed by atoms with E-state index in [1.54, 1.807) is 9.15 Å². The van der Waals surface area contributed by atoms with Gasteiger partial charge in [0.05, 0.1) is 0 Å². The molecule has 4 nitrogen and oxygen atoms in total. The Balaban J connectivity index is 1.79. The monoisotopic (exact) mass is 406 g/mol. The van der Waals surface area contributed by atoms with Gasteiger partial charge in [0.1, 0.15) is 5.60 Å². The second-order valence-corrected chi connectivity index (χ2v) is 8.26. The molecule has 120 valence electrons. The summed E-state index contributed by atoms with van der Waals surface area (Å²) in [5.74, 6) is 0. The first kappa shape index (κ1) is 17.1. The quantitative estimate of drug-likeness (QED) is 0.654. The van der Waals surface area contributed by atoms with Gasteiger partial charge in [-0.3, -0.25) is 4.90 Å². The van der Waals surface area contributed by atoms with E-state index in [2.05, 4.69) is 27.5 Å². The van der Waals surface area contributed by atoms with Gasteiger partial charge in [0.2, 0.25) is 0 Å². The molecule has 0 saturated carbocycles. The fraction of sp³-hybridized carbons (Fsp3) is 0.812. The largest absolute Gasteiger partial charge is 0.444 e. The predicted octanol–water partition coefficient (Wildman–Crippen LogP) is 3.80. The van der Waals surface area contributed by atoms with E-state index in [1.807, 2.05) is 25.7 Å². The van der Waals surface area contributed by atoms with E-state index in [1.165, 1.54) is 25.7 Å². The van der Waals surface area contributed by atoms with Gasteiger partial charge in [0.15, 0.2) is 0 Å². The molecule has 0 N–H and O–H groups in total. The van der Waals surface area contributed by atoms with E-state index in [4.69, 9.17) is 4.74 Å². The molecule has 1 amide bonds. The molecule has 1 aliphatic carbocycles. The van der Waals surface area contributed by atoms with Crippen molar-refractivity contribution in [2.75, 3.05) is 32.7 Å². The Morgan fingerprint density at radius 1 is 1.14 bits per heavy atom. The van der Waals surface area contributed by atoms with E-state index < -0.39 is 5.60 Å². The van der Waals surface area contributed by atoms with Gasteiger partial charge in [-0.2, -0.15) is 0 Å². The Morgan fingerprint density at radius 2 is 1.76 bits per heavy atom. The van der Waals surface area contributed by atoms with Crippen LogP contribution in [0.1, 0.15) is 46.5 Å². The average Bonchev–Trinajstić information content (AvgIpc) is 2.40. The molecular formula is C16H27IN2O2. The van der Waals surface area contributed by atoms with E-state index >= 15 is 0 Å². The molecule has 1 aliphatic heterocycles. The number of carbonyl (C=O) groups excluding carboxylic acids is 1. The lowest BCUT2D eigenvalue weighted by Gasteiger charge is -2.36. The second-order valence-electron chi connectivity index (χ2n) is 6.96. The summed E-state index contributed by atoms with van der Waals surface area (Å²) < 4.78 is 7.00. The van der Waals surface area contributed by atoms with E-state index in [0.717, 1.165) is 32.7 Å². The molecule has 2 aliphatic rings. The first-order valence-electron chi connectivity index (χ1n) is 7.92. The maximum atomic E-state index is 12.0. The summed E-state index contributed by atoms with van der Waals surface area (Å²) in [7, 11) is 0. The van der Waals surface area contributed by atoms with Crippen molar-refractivity contribution in [3.8, 4) is 0 Å². The summed E-state index contributed by atoms with van der Waals surface area (Å²) in [4.78, 5) is 16.3. The van der Waals surface area contributed by atoms with Crippen LogP contribution in [-0.2, 0) is 4.74 Å². The maximum Gasteiger partial charge on any atom is 0.410 e. The van der Waals surface area contributed by atoms with E-state index in [-0.39, 0.29) is 6.09 Å². The number of piperazine rings is 1. The third-order valence-electron chi connectivity index (χ3n) is 3.95. The van der Waals surface area contributed by atoms with Crippen LogP contribution >= 0.6 is 22.6 Å². The lowest BCUT2D eigenvalue weighted by Crippen LogP contribution is -2.50. The number of allylic oxidation sites excluding steroid dienone is 1. The molecule has 0 spiro atoms. The molecule has 5 heteroatoms. The minimum Gasteiger partial charge on any atom is -0.444 e. The van der Waals surface area contributed by atoms with Crippen LogP contribution in [-0.4, -0.2) is 54.2 Å². The molecule has 0 unspecified atom stereocenters. The molecule has 1 saturated heterocycles. The average molecular weight is 406 g/mol. The van der Waals surface area contributed by atoms with Crippen LogP contribution in [0.2, 0.25) is 0 Å². The van der Waals surface area contributed by atoms with Crippen LogP contribution in [0.15, 0.2) is 9.15 Å². The van der Waals surface area contributed by atoms with Crippen molar-refractivity contribution >= 4 is 28.7 Å². The van der Waals surface area contributed by atoms with Gasteiger partial charge in [-0.25, -0.2) is 4.79 Å². The number of hydrogen-bond donors (Lipinski definition) is 0. The number of ether oxygens (including phenoxy) is 1. The summed E-state index contributed by atoms with van der Waals surface area (Å²) in [5.41, 5.74) is 1.21. The third-order valence-corrected chi connectivity index (χ3v) is 5.25. The Labute approximate surface area is 142 Å². The molecule has 2 rings (SSSR count). The Hall–Kier alpha value is -0.300. The molecule has 1 heterocycles. The number of amides is 1. The zero-order chi connectivity index (χ0) is 15.5. The van der Waals surface area contributed by atoms with Crippen molar-refractivity contribution < 1.29 is 9.53 Å². The third kappa shape index (κ3) is 5.43. The van der Waals surface area contributed by atoms with Crippen LogP contribution < -0.4 is 0 Å². The second kappa shape index (κ2) is 7.31. The van der Waals surface area contributed by atoms with E-state index in [0.29, 0.717) is 0 Å². The first-order chi connectivity index (χ1) is 9.85. The summed E-state index contributed by atoms with van der Waals surface area (Å²) in [6.45, 7) is 10.3. The molecule has 0 aromatic heterocycles. The van der Waals surface area contributed by atoms with Crippen molar-refractivity contribution in [3.63, 3.8) is 0 Å². The molecule has 1 fully saturated rings. The topological polar surface area (TPSA) is 32.8 Å². The zero-order valence-electron chi connectivity index (χ0n) is 13.5. The van der Waals surface area contributed by atoms with Crippen LogP contribution in [0.25, 0.3) is 0 Å². The number of nitrogens with zero attached hydrogens (tertiary/aromatic N) is 2. The van der Waals surface area contributed by atoms with Crippen LogP contribution in [0.4, 0.5) is 4.79 Å². The fourth-order valence-corrected chi connectivity index (χ4v) is 3.60. The van der Waals surface area contributed by atoms with Gasteiger partial charge in [-0.1, -0.05) is 0 Å². The molecule has 0 aromatic rings. The number of carbonyl (C=O) groups is 1. The van der Waals surface area contributed by atoms with Crippen molar-refractivity contribution in [1.29, 1.82) is 0 Å². The van der Waals surface area contributed by atoms with Crippen molar-refractivity contribution in [2.24, 2.45) is 0 Å². The Bertz CT molecular complexity index is 407. The zero-order valence-corrected chi connectivity index (χ0v) is 15.6.